The predicted molar refractivity (Wildman–Crippen MR) is 79.8 cm³/mol. The van der Waals surface area contributed by atoms with Crippen molar-refractivity contribution >= 4 is 17.2 Å². The lowest BCUT2D eigenvalue weighted by Gasteiger charge is -2.43. The van der Waals surface area contributed by atoms with E-state index in [1.165, 1.54) is 0 Å². The average molecular weight is 261 g/mol. The van der Waals surface area contributed by atoms with E-state index in [2.05, 4.69) is 30.7 Å². The highest BCUT2D eigenvalue weighted by Gasteiger charge is 2.26. The van der Waals surface area contributed by atoms with Crippen molar-refractivity contribution in [2.24, 2.45) is 0 Å². The van der Waals surface area contributed by atoms with Gasteiger partial charge in [0.25, 0.3) is 0 Å². The molecule has 4 nitrogen and oxygen atoms in total. The molecule has 1 saturated heterocycles. The summed E-state index contributed by atoms with van der Waals surface area (Å²) in [5.41, 5.74) is 8.26. The lowest BCUT2D eigenvalue weighted by molar-refractivity contribution is 0.101. The van der Waals surface area contributed by atoms with Crippen molar-refractivity contribution in [3.8, 4) is 0 Å². The molecule has 2 atom stereocenters. The SMILES string of the molecule is CC(=O)c1ccc(N2CC(C)N(C)C(C)C2)cc1N. The number of ketones is 1. The number of likely N-dealkylation sites (N-methyl/N-ethyl adjacent to an activating group) is 1. The molecule has 104 valence electrons. The number of Topliss-reactive ketones (excluding diaryl/α,β-unsaturated/α-hetero) is 1. The largest absolute Gasteiger partial charge is 0.398 e. The molecule has 1 aromatic rings. The normalized spacial score (nSPS) is 24.5. The Morgan fingerprint density at radius 3 is 2.32 bits per heavy atom. The number of benzene rings is 1. The van der Waals surface area contributed by atoms with Gasteiger partial charge >= 0.3 is 0 Å². The van der Waals surface area contributed by atoms with Crippen LogP contribution in [0.2, 0.25) is 0 Å². The molecular formula is C15H23N3O. The molecule has 1 aromatic carbocycles. The maximum atomic E-state index is 11.4. The van der Waals surface area contributed by atoms with E-state index in [1.807, 2.05) is 18.2 Å². The van der Waals surface area contributed by atoms with Gasteiger partial charge in [-0.1, -0.05) is 0 Å². The molecule has 0 radical (unpaired) electrons. The van der Waals surface area contributed by atoms with Gasteiger partial charge < -0.3 is 10.6 Å². The van der Waals surface area contributed by atoms with Crippen molar-refractivity contribution in [3.63, 3.8) is 0 Å². The summed E-state index contributed by atoms with van der Waals surface area (Å²) in [5.74, 6) is 0.0177. The summed E-state index contributed by atoms with van der Waals surface area (Å²) >= 11 is 0. The first kappa shape index (κ1) is 13.9. The summed E-state index contributed by atoms with van der Waals surface area (Å²) in [5, 5.41) is 0. The molecule has 0 aromatic heterocycles. The quantitative estimate of drug-likeness (QED) is 0.653. The number of nitrogens with zero attached hydrogens (tertiary/aromatic N) is 2. The van der Waals surface area contributed by atoms with Crippen LogP contribution in [0.1, 0.15) is 31.1 Å². The fourth-order valence-corrected chi connectivity index (χ4v) is 2.68. The second kappa shape index (κ2) is 5.21. The number of carbonyl (C=O) groups is 1. The van der Waals surface area contributed by atoms with E-state index in [0.29, 0.717) is 23.3 Å². The lowest BCUT2D eigenvalue weighted by Crippen LogP contribution is -2.55. The van der Waals surface area contributed by atoms with Crippen LogP contribution >= 0.6 is 0 Å². The van der Waals surface area contributed by atoms with Gasteiger partial charge in [0.2, 0.25) is 0 Å². The van der Waals surface area contributed by atoms with Gasteiger partial charge in [-0.2, -0.15) is 0 Å². The number of nitrogen functional groups attached to an aromatic ring is 1. The molecule has 0 saturated carbocycles. The molecule has 1 aliphatic heterocycles. The molecule has 0 spiro atoms. The summed E-state index contributed by atoms with van der Waals surface area (Å²) in [6, 6.07) is 6.77. The Kier molecular flexibility index (Phi) is 3.80. The van der Waals surface area contributed by atoms with E-state index in [4.69, 9.17) is 5.73 Å². The van der Waals surface area contributed by atoms with Gasteiger partial charge in [-0.25, -0.2) is 0 Å². The Morgan fingerprint density at radius 1 is 1.26 bits per heavy atom. The van der Waals surface area contributed by atoms with Gasteiger partial charge in [0.1, 0.15) is 0 Å². The maximum absolute atomic E-state index is 11.4. The van der Waals surface area contributed by atoms with Crippen LogP contribution in [0, 0.1) is 0 Å². The molecule has 1 aliphatic rings. The smallest absolute Gasteiger partial charge is 0.161 e. The minimum atomic E-state index is 0.0177. The van der Waals surface area contributed by atoms with Crippen LogP contribution in [-0.2, 0) is 0 Å². The van der Waals surface area contributed by atoms with Crippen molar-refractivity contribution in [3.05, 3.63) is 23.8 Å². The van der Waals surface area contributed by atoms with Crippen molar-refractivity contribution in [1.29, 1.82) is 0 Å². The summed E-state index contributed by atoms with van der Waals surface area (Å²) in [4.78, 5) is 16.1. The van der Waals surface area contributed by atoms with Crippen molar-refractivity contribution < 1.29 is 4.79 Å². The zero-order chi connectivity index (χ0) is 14.2. The Bertz CT molecular complexity index is 474. The highest BCUT2D eigenvalue weighted by molar-refractivity contribution is 5.99. The third-order valence-electron chi connectivity index (χ3n) is 4.14. The molecule has 0 amide bonds. The van der Waals surface area contributed by atoms with Gasteiger partial charge in [0.05, 0.1) is 0 Å². The number of nitrogens with two attached hydrogens (primary N) is 1. The second-order valence-electron chi connectivity index (χ2n) is 5.60. The topological polar surface area (TPSA) is 49.6 Å². The molecule has 19 heavy (non-hydrogen) atoms. The molecule has 0 bridgehead atoms. The number of piperazine rings is 1. The van der Waals surface area contributed by atoms with Gasteiger partial charge in [-0.15, -0.1) is 0 Å². The fraction of sp³-hybridized carbons (Fsp3) is 0.533. The van der Waals surface area contributed by atoms with Crippen molar-refractivity contribution in [2.45, 2.75) is 32.9 Å². The van der Waals surface area contributed by atoms with E-state index >= 15 is 0 Å². The van der Waals surface area contributed by atoms with E-state index in [0.717, 1.165) is 18.8 Å². The minimum absolute atomic E-state index is 0.0177. The summed E-state index contributed by atoms with van der Waals surface area (Å²) in [6.45, 7) is 7.98. The van der Waals surface area contributed by atoms with Gasteiger partial charge in [0, 0.05) is 42.1 Å². The number of rotatable bonds is 2. The molecule has 4 heteroatoms. The van der Waals surface area contributed by atoms with Crippen LogP contribution in [-0.4, -0.2) is 42.9 Å². The van der Waals surface area contributed by atoms with Crippen LogP contribution in [0.25, 0.3) is 0 Å². The Morgan fingerprint density at radius 2 is 1.84 bits per heavy atom. The van der Waals surface area contributed by atoms with E-state index in [1.54, 1.807) is 6.92 Å². The van der Waals surface area contributed by atoms with Gasteiger partial charge in [-0.05, 0) is 46.0 Å². The predicted octanol–water partition coefficient (Wildman–Crippen LogP) is 2.00. The fourth-order valence-electron chi connectivity index (χ4n) is 2.68. The molecule has 2 rings (SSSR count). The summed E-state index contributed by atoms with van der Waals surface area (Å²) < 4.78 is 0. The summed E-state index contributed by atoms with van der Waals surface area (Å²) in [6.07, 6.45) is 0. The molecule has 2 N–H and O–H groups in total. The lowest BCUT2D eigenvalue weighted by atomic mass is 10.1. The van der Waals surface area contributed by atoms with Crippen LogP contribution in [0.4, 0.5) is 11.4 Å². The molecule has 2 unspecified atom stereocenters. The zero-order valence-corrected chi connectivity index (χ0v) is 12.2. The first-order chi connectivity index (χ1) is 8.90. The first-order valence-corrected chi connectivity index (χ1v) is 6.77. The molecular weight excluding hydrogens is 238 g/mol. The third-order valence-corrected chi connectivity index (χ3v) is 4.14. The second-order valence-corrected chi connectivity index (χ2v) is 5.60. The Hall–Kier alpha value is -1.55. The van der Waals surface area contributed by atoms with Crippen LogP contribution in [0.3, 0.4) is 0 Å². The highest BCUT2D eigenvalue weighted by Crippen LogP contribution is 2.25. The number of carbonyl (C=O) groups excluding carboxylic acids is 1. The van der Waals surface area contributed by atoms with Crippen molar-refractivity contribution in [1.82, 2.24) is 4.90 Å². The van der Waals surface area contributed by atoms with Crippen molar-refractivity contribution in [2.75, 3.05) is 30.8 Å². The molecule has 1 fully saturated rings. The Balaban J connectivity index is 2.23. The third kappa shape index (κ3) is 2.73. The standard InChI is InChI=1S/C15H23N3O/c1-10-8-18(9-11(2)17(10)4)13-5-6-14(12(3)19)15(16)7-13/h5-7,10-11H,8-9,16H2,1-4H3. The molecule has 0 aliphatic carbocycles. The first-order valence-electron chi connectivity index (χ1n) is 6.77. The van der Waals surface area contributed by atoms with E-state index in [9.17, 15) is 4.79 Å². The van der Waals surface area contributed by atoms with Crippen LogP contribution in [0.15, 0.2) is 18.2 Å². The van der Waals surface area contributed by atoms with Gasteiger partial charge in [-0.3, -0.25) is 9.69 Å². The monoisotopic (exact) mass is 261 g/mol. The minimum Gasteiger partial charge on any atom is -0.398 e. The Labute approximate surface area is 115 Å². The zero-order valence-electron chi connectivity index (χ0n) is 12.2. The van der Waals surface area contributed by atoms with Crippen LogP contribution in [0.5, 0.6) is 0 Å². The summed E-state index contributed by atoms with van der Waals surface area (Å²) in [7, 11) is 2.17. The molecule has 1 heterocycles. The van der Waals surface area contributed by atoms with Crippen LogP contribution < -0.4 is 10.6 Å². The number of hydrogen-bond acceptors (Lipinski definition) is 4. The highest BCUT2D eigenvalue weighted by atomic mass is 16.1. The van der Waals surface area contributed by atoms with E-state index < -0.39 is 0 Å². The average Bonchev–Trinajstić information content (AvgIpc) is 2.34. The van der Waals surface area contributed by atoms with Gasteiger partial charge in [0.15, 0.2) is 5.78 Å². The maximum Gasteiger partial charge on any atom is 0.161 e. The number of hydrogen-bond donors (Lipinski definition) is 1. The van der Waals surface area contributed by atoms with E-state index in [-0.39, 0.29) is 5.78 Å². The number of anilines is 2.